The van der Waals surface area contributed by atoms with Crippen molar-refractivity contribution in [2.45, 2.75) is 12.7 Å². The highest BCUT2D eigenvalue weighted by Gasteiger charge is 2.03. The van der Waals surface area contributed by atoms with Crippen molar-refractivity contribution in [2.75, 3.05) is 11.1 Å². The first kappa shape index (κ1) is 13.5. The summed E-state index contributed by atoms with van der Waals surface area (Å²) in [6, 6.07) is 9.15. The van der Waals surface area contributed by atoms with Crippen LogP contribution in [-0.4, -0.2) is 21.9 Å². The van der Waals surface area contributed by atoms with Crippen LogP contribution in [0.3, 0.4) is 0 Å². The number of H-pyrrole nitrogens is 2. The Bertz CT molecular complexity index is 601. The summed E-state index contributed by atoms with van der Waals surface area (Å²) in [5, 5.41) is 8.02. The van der Waals surface area contributed by atoms with Gasteiger partial charge in [-0.05, 0) is 19.1 Å². The number of rotatable bonds is 5. The Hall–Kier alpha value is -1.95. The number of nitrogens with one attached hydrogen (secondary N) is 3. The molecule has 5 nitrogen and oxygen atoms in total. The molecule has 1 aromatic carbocycles. The normalized spacial score (nSPS) is 10.4. The molecule has 1 heterocycles. The second-order valence-electron chi connectivity index (χ2n) is 4.19. The molecule has 0 saturated carbocycles. The first-order valence-electron chi connectivity index (χ1n) is 5.84. The Morgan fingerprint density at radius 3 is 2.63 bits per heavy atom. The molecule has 0 aliphatic rings. The van der Waals surface area contributed by atoms with Crippen molar-refractivity contribution < 1.29 is 4.79 Å². The third-order valence-electron chi connectivity index (χ3n) is 2.48. The van der Waals surface area contributed by atoms with E-state index in [1.165, 1.54) is 17.8 Å². The van der Waals surface area contributed by atoms with E-state index in [0.29, 0.717) is 11.5 Å². The molecule has 0 unspecified atom stereocenters. The average Bonchev–Trinajstić information content (AvgIpc) is 2.78. The van der Waals surface area contributed by atoms with Crippen LogP contribution in [0.2, 0.25) is 0 Å². The molecule has 19 heavy (non-hydrogen) atoms. The fraction of sp³-hybridized carbons (Fsp3) is 0.231. The monoisotopic (exact) mass is 277 g/mol. The fourth-order valence-corrected chi connectivity index (χ4v) is 2.27. The van der Waals surface area contributed by atoms with E-state index in [1.54, 1.807) is 0 Å². The zero-order valence-electron chi connectivity index (χ0n) is 10.5. The Labute approximate surface area is 114 Å². The lowest BCUT2D eigenvalue weighted by atomic mass is 10.2. The van der Waals surface area contributed by atoms with E-state index < -0.39 is 0 Å². The van der Waals surface area contributed by atoms with E-state index in [-0.39, 0.29) is 11.5 Å². The van der Waals surface area contributed by atoms with Gasteiger partial charge in [0.25, 0.3) is 5.56 Å². The molecule has 6 heteroatoms. The lowest BCUT2D eigenvalue weighted by molar-refractivity contribution is -0.113. The molecule has 0 aliphatic heterocycles. The van der Waals surface area contributed by atoms with Gasteiger partial charge in [-0.15, -0.1) is 11.8 Å². The number of aromatic nitrogens is 2. The number of thioether (sulfide) groups is 1. The number of hydrogen-bond donors (Lipinski definition) is 3. The summed E-state index contributed by atoms with van der Waals surface area (Å²) in [4.78, 5) is 22.6. The van der Waals surface area contributed by atoms with Crippen LogP contribution in [0, 0.1) is 6.92 Å². The minimum atomic E-state index is -0.153. The molecule has 100 valence electrons. The number of amides is 1. The largest absolute Gasteiger partial charge is 0.325 e. The lowest BCUT2D eigenvalue weighted by Gasteiger charge is -2.05. The number of anilines is 1. The third-order valence-corrected chi connectivity index (χ3v) is 3.46. The Kier molecular flexibility index (Phi) is 4.46. The second kappa shape index (κ2) is 6.29. The number of benzene rings is 1. The van der Waals surface area contributed by atoms with Crippen molar-refractivity contribution in [3.05, 3.63) is 51.9 Å². The van der Waals surface area contributed by atoms with E-state index in [4.69, 9.17) is 0 Å². The quantitative estimate of drug-likeness (QED) is 0.781. The summed E-state index contributed by atoms with van der Waals surface area (Å²) in [6.45, 7) is 2.00. The van der Waals surface area contributed by atoms with Crippen LogP contribution in [0.15, 0.2) is 35.1 Å². The summed E-state index contributed by atoms with van der Waals surface area (Å²) in [7, 11) is 0. The minimum absolute atomic E-state index is 0.0493. The van der Waals surface area contributed by atoms with E-state index in [1.807, 2.05) is 31.2 Å². The topological polar surface area (TPSA) is 77.8 Å². The van der Waals surface area contributed by atoms with Gasteiger partial charge < -0.3 is 10.4 Å². The predicted molar refractivity (Wildman–Crippen MR) is 77.4 cm³/mol. The number of hydrogen-bond acceptors (Lipinski definition) is 3. The van der Waals surface area contributed by atoms with Gasteiger partial charge >= 0.3 is 0 Å². The molecule has 1 amide bonds. The highest BCUT2D eigenvalue weighted by Crippen LogP contribution is 2.11. The third kappa shape index (κ3) is 4.33. The maximum atomic E-state index is 11.7. The van der Waals surface area contributed by atoms with Gasteiger partial charge in [0.1, 0.15) is 0 Å². The minimum Gasteiger partial charge on any atom is -0.325 e. The van der Waals surface area contributed by atoms with Gasteiger partial charge in [-0.2, -0.15) is 0 Å². The first-order chi connectivity index (χ1) is 9.13. The highest BCUT2D eigenvalue weighted by atomic mass is 32.2. The van der Waals surface area contributed by atoms with Crippen molar-refractivity contribution in [1.29, 1.82) is 0 Å². The molecule has 0 spiro atoms. The fourth-order valence-electron chi connectivity index (χ4n) is 1.54. The molecule has 0 atom stereocenters. The van der Waals surface area contributed by atoms with Crippen LogP contribution >= 0.6 is 11.8 Å². The molecule has 2 rings (SSSR count). The van der Waals surface area contributed by atoms with Gasteiger partial charge in [-0.1, -0.05) is 17.7 Å². The highest BCUT2D eigenvalue weighted by molar-refractivity contribution is 7.99. The van der Waals surface area contributed by atoms with Crippen molar-refractivity contribution in [2.24, 2.45) is 0 Å². The van der Waals surface area contributed by atoms with Crippen LogP contribution in [-0.2, 0) is 10.5 Å². The van der Waals surface area contributed by atoms with Crippen LogP contribution in [0.1, 0.15) is 11.3 Å². The maximum absolute atomic E-state index is 11.7. The van der Waals surface area contributed by atoms with E-state index in [9.17, 15) is 9.59 Å². The molecular formula is C13H15N3O2S. The van der Waals surface area contributed by atoms with Gasteiger partial charge in [0.05, 0.1) is 5.75 Å². The van der Waals surface area contributed by atoms with Crippen molar-refractivity contribution in [3.63, 3.8) is 0 Å². The zero-order chi connectivity index (χ0) is 13.7. The smallest absolute Gasteiger partial charge is 0.264 e. The Balaban J connectivity index is 1.75. The van der Waals surface area contributed by atoms with Gasteiger partial charge in [0.2, 0.25) is 5.91 Å². The zero-order valence-corrected chi connectivity index (χ0v) is 11.3. The SMILES string of the molecule is Cc1ccc(NC(=O)CSCc2cc(=O)[nH][nH]2)cc1. The summed E-state index contributed by atoms with van der Waals surface area (Å²) in [5.41, 5.74) is 2.59. The molecule has 0 bridgehead atoms. The average molecular weight is 277 g/mol. The van der Waals surface area contributed by atoms with Gasteiger partial charge in [-0.3, -0.25) is 14.7 Å². The van der Waals surface area contributed by atoms with Crippen LogP contribution < -0.4 is 10.9 Å². The summed E-state index contributed by atoms with van der Waals surface area (Å²) >= 11 is 1.45. The summed E-state index contributed by atoms with van der Waals surface area (Å²) < 4.78 is 0. The molecule has 0 saturated heterocycles. The van der Waals surface area contributed by atoms with Crippen molar-refractivity contribution >= 4 is 23.4 Å². The first-order valence-corrected chi connectivity index (χ1v) is 7.00. The lowest BCUT2D eigenvalue weighted by Crippen LogP contribution is -2.14. The van der Waals surface area contributed by atoms with Crippen LogP contribution in [0.4, 0.5) is 5.69 Å². The molecule has 0 fully saturated rings. The molecule has 0 aliphatic carbocycles. The van der Waals surface area contributed by atoms with Crippen molar-refractivity contribution in [3.8, 4) is 0 Å². The molecule has 2 aromatic rings. The second-order valence-corrected chi connectivity index (χ2v) is 5.18. The van der Waals surface area contributed by atoms with Gasteiger partial charge in [0.15, 0.2) is 0 Å². The van der Waals surface area contributed by atoms with E-state index in [0.717, 1.165) is 16.9 Å². The van der Waals surface area contributed by atoms with Crippen LogP contribution in [0.5, 0.6) is 0 Å². The molecule has 1 aromatic heterocycles. The number of carbonyl (C=O) groups excluding carboxylic acids is 1. The number of aryl methyl sites for hydroxylation is 1. The summed E-state index contributed by atoms with van der Waals surface area (Å²) in [6.07, 6.45) is 0. The van der Waals surface area contributed by atoms with E-state index >= 15 is 0 Å². The molecule has 0 radical (unpaired) electrons. The maximum Gasteiger partial charge on any atom is 0.264 e. The Morgan fingerprint density at radius 2 is 2.00 bits per heavy atom. The van der Waals surface area contributed by atoms with Crippen LogP contribution in [0.25, 0.3) is 0 Å². The summed E-state index contributed by atoms with van der Waals surface area (Å²) in [5.74, 6) is 0.896. The molecular weight excluding hydrogens is 262 g/mol. The standard InChI is InChI=1S/C13H15N3O2S/c1-9-2-4-10(5-3-9)14-13(18)8-19-7-11-6-12(17)16-15-11/h2-6H,7-8H2,1H3,(H,14,18)(H2,15,16,17). The number of carbonyl (C=O) groups is 1. The Morgan fingerprint density at radius 1 is 1.26 bits per heavy atom. The predicted octanol–water partition coefficient (Wildman–Crippen LogP) is 1.88. The molecule has 3 N–H and O–H groups in total. The van der Waals surface area contributed by atoms with Crippen molar-refractivity contribution in [1.82, 2.24) is 10.2 Å². The number of aromatic amines is 2. The van der Waals surface area contributed by atoms with Gasteiger partial charge in [0, 0.05) is 23.2 Å². The van der Waals surface area contributed by atoms with E-state index in [2.05, 4.69) is 15.5 Å². The van der Waals surface area contributed by atoms with Gasteiger partial charge in [-0.25, -0.2) is 0 Å².